The van der Waals surface area contributed by atoms with Crippen LogP contribution in [0.1, 0.15) is 28.8 Å². The summed E-state index contributed by atoms with van der Waals surface area (Å²) in [6.45, 7) is 1.75. The standard InChI is InChI=1S/C17H20N2O4/c1-10-11(15(20)18-2)8-5-9-14(10)19-16(21)12-6-3-4-7-13(12)17(22)23/h3-5,8-9,12-13H,6-7H2,1-2H3,(H,18,20)(H,19,21)(H,22,23)/t12-,13-/m1/s1. The summed E-state index contributed by atoms with van der Waals surface area (Å²) in [6, 6.07) is 5.06. The van der Waals surface area contributed by atoms with Crippen LogP contribution in [0.15, 0.2) is 30.4 Å². The van der Waals surface area contributed by atoms with Crippen molar-refractivity contribution < 1.29 is 19.5 Å². The molecule has 122 valence electrons. The van der Waals surface area contributed by atoms with E-state index in [9.17, 15) is 19.5 Å². The van der Waals surface area contributed by atoms with Crippen LogP contribution in [-0.2, 0) is 9.59 Å². The van der Waals surface area contributed by atoms with Crippen LogP contribution in [0.25, 0.3) is 0 Å². The molecule has 6 heteroatoms. The van der Waals surface area contributed by atoms with Crippen molar-refractivity contribution in [2.75, 3.05) is 12.4 Å². The fraction of sp³-hybridized carbons (Fsp3) is 0.353. The van der Waals surface area contributed by atoms with Crippen molar-refractivity contribution in [1.82, 2.24) is 5.32 Å². The van der Waals surface area contributed by atoms with Gasteiger partial charge in [-0.25, -0.2) is 0 Å². The molecular formula is C17H20N2O4. The van der Waals surface area contributed by atoms with Crippen molar-refractivity contribution in [3.8, 4) is 0 Å². The molecule has 0 radical (unpaired) electrons. The zero-order valence-electron chi connectivity index (χ0n) is 13.1. The summed E-state index contributed by atoms with van der Waals surface area (Å²) in [7, 11) is 1.54. The summed E-state index contributed by atoms with van der Waals surface area (Å²) in [5.74, 6) is -2.87. The number of anilines is 1. The number of amides is 2. The molecular weight excluding hydrogens is 296 g/mol. The lowest BCUT2D eigenvalue weighted by molar-refractivity contribution is -0.146. The molecule has 0 aromatic heterocycles. The Labute approximate surface area is 134 Å². The van der Waals surface area contributed by atoms with Crippen LogP contribution in [0.3, 0.4) is 0 Å². The number of carbonyl (C=O) groups excluding carboxylic acids is 2. The number of carboxylic acid groups (broad SMARTS) is 1. The van der Waals surface area contributed by atoms with E-state index in [-0.39, 0.29) is 11.8 Å². The highest BCUT2D eigenvalue weighted by atomic mass is 16.4. The molecule has 3 N–H and O–H groups in total. The average molecular weight is 316 g/mol. The predicted octanol–water partition coefficient (Wildman–Crippen LogP) is 1.96. The van der Waals surface area contributed by atoms with Gasteiger partial charge in [0, 0.05) is 18.3 Å². The summed E-state index contributed by atoms with van der Waals surface area (Å²) in [4.78, 5) is 35.6. The lowest BCUT2D eigenvalue weighted by Crippen LogP contribution is -2.35. The first-order valence-corrected chi connectivity index (χ1v) is 7.46. The Hall–Kier alpha value is -2.63. The van der Waals surface area contributed by atoms with Gasteiger partial charge in [0.15, 0.2) is 0 Å². The first kappa shape index (κ1) is 16.7. The lowest BCUT2D eigenvalue weighted by atomic mass is 9.82. The van der Waals surface area contributed by atoms with Gasteiger partial charge in [-0.05, 0) is 37.5 Å². The molecule has 6 nitrogen and oxygen atoms in total. The molecule has 0 saturated heterocycles. The smallest absolute Gasteiger partial charge is 0.307 e. The summed E-state index contributed by atoms with van der Waals surface area (Å²) < 4.78 is 0. The number of rotatable bonds is 4. The molecule has 2 amide bonds. The fourth-order valence-electron chi connectivity index (χ4n) is 2.75. The topological polar surface area (TPSA) is 95.5 Å². The maximum absolute atomic E-state index is 12.5. The fourth-order valence-corrected chi connectivity index (χ4v) is 2.75. The number of carboxylic acids is 1. The molecule has 0 aliphatic heterocycles. The van der Waals surface area contributed by atoms with Crippen LogP contribution in [0.5, 0.6) is 0 Å². The van der Waals surface area contributed by atoms with Crippen LogP contribution < -0.4 is 10.6 Å². The summed E-state index contributed by atoms with van der Waals surface area (Å²) in [6.07, 6.45) is 4.37. The Morgan fingerprint density at radius 3 is 2.39 bits per heavy atom. The van der Waals surface area contributed by atoms with Gasteiger partial charge in [0.25, 0.3) is 5.91 Å². The van der Waals surface area contributed by atoms with Gasteiger partial charge < -0.3 is 15.7 Å². The highest BCUT2D eigenvalue weighted by molar-refractivity contribution is 6.00. The molecule has 0 saturated carbocycles. The monoisotopic (exact) mass is 316 g/mol. The van der Waals surface area contributed by atoms with E-state index in [2.05, 4.69) is 10.6 Å². The third-order valence-electron chi connectivity index (χ3n) is 4.15. The Morgan fingerprint density at radius 1 is 1.13 bits per heavy atom. The lowest BCUT2D eigenvalue weighted by Gasteiger charge is -2.24. The first-order valence-electron chi connectivity index (χ1n) is 7.46. The van der Waals surface area contributed by atoms with Crippen LogP contribution in [0.4, 0.5) is 5.69 Å². The second-order valence-electron chi connectivity index (χ2n) is 5.54. The highest BCUT2D eigenvalue weighted by Crippen LogP contribution is 2.28. The molecule has 1 aliphatic carbocycles. The van der Waals surface area contributed by atoms with Gasteiger partial charge in [-0.2, -0.15) is 0 Å². The Bertz CT molecular complexity index is 667. The predicted molar refractivity (Wildman–Crippen MR) is 86.2 cm³/mol. The van der Waals surface area contributed by atoms with Gasteiger partial charge in [0.2, 0.25) is 5.91 Å². The van der Waals surface area contributed by atoms with Gasteiger partial charge in [0.1, 0.15) is 0 Å². The minimum absolute atomic E-state index is 0.234. The maximum atomic E-state index is 12.5. The van der Waals surface area contributed by atoms with Crippen LogP contribution in [0, 0.1) is 18.8 Å². The van der Waals surface area contributed by atoms with Crippen LogP contribution >= 0.6 is 0 Å². The number of allylic oxidation sites excluding steroid dienone is 2. The molecule has 0 unspecified atom stereocenters. The first-order chi connectivity index (χ1) is 11.0. The molecule has 0 fully saturated rings. The molecule has 1 aliphatic rings. The number of carbonyl (C=O) groups is 3. The zero-order valence-corrected chi connectivity index (χ0v) is 13.1. The maximum Gasteiger partial charge on any atom is 0.307 e. The summed E-state index contributed by atoms with van der Waals surface area (Å²) >= 11 is 0. The Kier molecular flexibility index (Phi) is 5.16. The van der Waals surface area contributed by atoms with Gasteiger partial charge in [-0.15, -0.1) is 0 Å². The molecule has 2 atom stereocenters. The van der Waals surface area contributed by atoms with Crippen molar-refractivity contribution in [3.63, 3.8) is 0 Å². The molecule has 0 heterocycles. The minimum Gasteiger partial charge on any atom is -0.481 e. The SMILES string of the molecule is CNC(=O)c1cccc(NC(=O)[C@@H]2CC=CC[C@H]2C(=O)O)c1C. The third-order valence-corrected chi connectivity index (χ3v) is 4.15. The van der Waals surface area contributed by atoms with Crippen LogP contribution in [0.2, 0.25) is 0 Å². The van der Waals surface area contributed by atoms with E-state index < -0.39 is 17.8 Å². The summed E-state index contributed by atoms with van der Waals surface area (Å²) in [5.41, 5.74) is 1.65. The number of nitrogens with one attached hydrogen (secondary N) is 2. The Morgan fingerprint density at radius 2 is 1.78 bits per heavy atom. The van der Waals surface area contributed by atoms with Gasteiger partial charge in [0.05, 0.1) is 11.8 Å². The van der Waals surface area contributed by atoms with Gasteiger partial charge >= 0.3 is 5.97 Å². The van der Waals surface area contributed by atoms with E-state index in [0.717, 1.165) is 0 Å². The van der Waals surface area contributed by atoms with Crippen molar-refractivity contribution in [2.45, 2.75) is 19.8 Å². The van der Waals surface area contributed by atoms with Crippen molar-refractivity contribution >= 4 is 23.5 Å². The number of hydrogen-bond acceptors (Lipinski definition) is 3. The van der Waals surface area contributed by atoms with E-state index in [1.54, 1.807) is 38.2 Å². The molecule has 1 aromatic carbocycles. The van der Waals surface area contributed by atoms with E-state index in [0.29, 0.717) is 29.7 Å². The van der Waals surface area contributed by atoms with Gasteiger partial charge in [-0.3, -0.25) is 14.4 Å². The van der Waals surface area contributed by atoms with E-state index in [4.69, 9.17) is 0 Å². The van der Waals surface area contributed by atoms with E-state index in [1.165, 1.54) is 0 Å². The second kappa shape index (κ2) is 7.09. The molecule has 1 aromatic rings. The molecule has 23 heavy (non-hydrogen) atoms. The Balaban J connectivity index is 2.22. The van der Waals surface area contributed by atoms with Crippen molar-refractivity contribution in [3.05, 3.63) is 41.5 Å². The quantitative estimate of drug-likeness (QED) is 0.740. The number of hydrogen-bond donors (Lipinski definition) is 3. The van der Waals surface area contributed by atoms with Crippen molar-refractivity contribution in [1.29, 1.82) is 0 Å². The third kappa shape index (κ3) is 3.59. The number of benzene rings is 1. The zero-order chi connectivity index (χ0) is 17.0. The summed E-state index contributed by atoms with van der Waals surface area (Å²) in [5, 5.41) is 14.6. The molecule has 0 spiro atoms. The van der Waals surface area contributed by atoms with Crippen LogP contribution in [-0.4, -0.2) is 29.9 Å². The molecule has 0 bridgehead atoms. The molecule has 2 rings (SSSR count). The van der Waals surface area contributed by atoms with E-state index in [1.807, 2.05) is 6.08 Å². The van der Waals surface area contributed by atoms with Gasteiger partial charge in [-0.1, -0.05) is 18.2 Å². The second-order valence-corrected chi connectivity index (χ2v) is 5.54. The highest BCUT2D eigenvalue weighted by Gasteiger charge is 2.34. The minimum atomic E-state index is -0.967. The average Bonchev–Trinajstić information content (AvgIpc) is 2.56. The van der Waals surface area contributed by atoms with Crippen molar-refractivity contribution in [2.24, 2.45) is 11.8 Å². The number of aliphatic carboxylic acids is 1. The normalized spacial score (nSPS) is 19.9. The largest absolute Gasteiger partial charge is 0.481 e. The van der Waals surface area contributed by atoms with E-state index >= 15 is 0 Å².